The van der Waals surface area contributed by atoms with Crippen LogP contribution in [0.25, 0.3) is 22.0 Å². The van der Waals surface area contributed by atoms with E-state index in [1.165, 1.54) is 6.21 Å². The number of fused-ring (bicyclic) bond motifs is 1. The number of carbonyl (C=O) groups is 2. The van der Waals surface area contributed by atoms with E-state index in [-0.39, 0.29) is 5.91 Å². The molecule has 0 unspecified atom stereocenters. The quantitative estimate of drug-likeness (QED) is 0.0851. The third kappa shape index (κ3) is 5.87. The minimum Gasteiger partial charge on any atom is -0.422 e. The van der Waals surface area contributed by atoms with Crippen LogP contribution in [0.4, 0.5) is 0 Å². The van der Waals surface area contributed by atoms with Gasteiger partial charge in [-0.3, -0.25) is 4.79 Å². The topological polar surface area (TPSA) is 83.6 Å². The Hall–Kier alpha value is -4.01. The second-order valence-corrected chi connectivity index (χ2v) is 10.9. The number of hydrogen-bond acceptors (Lipinski definition) is 4. The number of halogens is 2. The highest BCUT2D eigenvalue weighted by molar-refractivity contribution is 9.10. The van der Waals surface area contributed by atoms with Crippen LogP contribution in [0.1, 0.15) is 37.5 Å². The number of nitrogens with zero attached hydrogens (tertiary/aromatic N) is 1. The maximum Gasteiger partial charge on any atom is 0.343 e. The standard InChI is InChI=1S/C31H23Br2N3O3/c1-18-14-19(2)28-25(15-18)27(20-6-4-3-5-7-20)29(35-28)30(37)36-34-17-22-16-24(33)12-13-26(22)39-31(38)21-8-10-23(32)11-9-21/h3-17,35H,1-2H3,(H,36,37). The van der Waals surface area contributed by atoms with Crippen molar-refractivity contribution in [2.75, 3.05) is 0 Å². The highest BCUT2D eigenvalue weighted by Gasteiger charge is 2.20. The number of H-pyrrole nitrogens is 1. The number of rotatable bonds is 6. The Balaban J connectivity index is 1.43. The summed E-state index contributed by atoms with van der Waals surface area (Å²) in [7, 11) is 0. The molecule has 0 atom stereocenters. The number of amides is 1. The Labute approximate surface area is 242 Å². The largest absolute Gasteiger partial charge is 0.422 e. The van der Waals surface area contributed by atoms with E-state index < -0.39 is 5.97 Å². The number of esters is 1. The molecule has 0 radical (unpaired) electrons. The van der Waals surface area contributed by atoms with E-state index in [0.717, 1.165) is 42.1 Å². The van der Waals surface area contributed by atoms with Gasteiger partial charge in [0.15, 0.2) is 0 Å². The summed E-state index contributed by atoms with van der Waals surface area (Å²) in [6, 6.07) is 26.0. The van der Waals surface area contributed by atoms with Gasteiger partial charge in [0.25, 0.3) is 5.91 Å². The van der Waals surface area contributed by atoms with Gasteiger partial charge in [-0.15, -0.1) is 0 Å². The number of nitrogens with one attached hydrogen (secondary N) is 2. The second kappa shape index (κ2) is 11.4. The Morgan fingerprint density at radius 1 is 0.897 bits per heavy atom. The van der Waals surface area contributed by atoms with Gasteiger partial charge in [0.05, 0.1) is 11.8 Å². The molecule has 194 valence electrons. The number of ether oxygens (including phenoxy) is 1. The number of aromatic nitrogens is 1. The molecule has 0 aliphatic rings. The molecule has 0 aliphatic carbocycles. The van der Waals surface area contributed by atoms with Crippen LogP contribution in [0.15, 0.2) is 99.0 Å². The summed E-state index contributed by atoms with van der Waals surface area (Å²) in [5, 5.41) is 5.17. The number of hydrogen-bond donors (Lipinski definition) is 2. The fourth-order valence-electron chi connectivity index (χ4n) is 4.40. The van der Waals surface area contributed by atoms with E-state index in [4.69, 9.17) is 4.74 Å². The zero-order valence-corrected chi connectivity index (χ0v) is 24.3. The lowest BCUT2D eigenvalue weighted by molar-refractivity contribution is 0.0734. The molecule has 0 bridgehead atoms. The van der Waals surface area contributed by atoms with E-state index in [0.29, 0.717) is 22.6 Å². The summed E-state index contributed by atoms with van der Waals surface area (Å²) in [6.45, 7) is 4.06. The molecule has 5 rings (SSSR count). The summed E-state index contributed by atoms with van der Waals surface area (Å²) in [4.78, 5) is 29.4. The predicted octanol–water partition coefficient (Wildman–Crippen LogP) is 7.96. The molecule has 4 aromatic carbocycles. The zero-order valence-electron chi connectivity index (χ0n) is 21.1. The highest BCUT2D eigenvalue weighted by atomic mass is 79.9. The first-order chi connectivity index (χ1) is 18.8. The van der Waals surface area contributed by atoms with Crippen molar-refractivity contribution in [1.82, 2.24) is 10.4 Å². The van der Waals surface area contributed by atoms with Gasteiger partial charge in [-0.25, -0.2) is 10.2 Å². The molecular weight excluding hydrogens is 622 g/mol. The van der Waals surface area contributed by atoms with Gasteiger partial charge < -0.3 is 9.72 Å². The molecule has 2 N–H and O–H groups in total. The molecule has 1 heterocycles. The second-order valence-electron chi connectivity index (χ2n) is 9.02. The molecule has 39 heavy (non-hydrogen) atoms. The first-order valence-electron chi connectivity index (χ1n) is 12.1. The number of aromatic amines is 1. The highest BCUT2D eigenvalue weighted by Crippen LogP contribution is 2.34. The molecule has 0 aliphatic heterocycles. The van der Waals surface area contributed by atoms with Gasteiger partial charge in [-0.2, -0.15) is 5.10 Å². The summed E-state index contributed by atoms with van der Waals surface area (Å²) in [5.74, 6) is -0.577. The Morgan fingerprint density at radius 3 is 2.36 bits per heavy atom. The van der Waals surface area contributed by atoms with Crippen molar-refractivity contribution in [2.24, 2.45) is 5.10 Å². The van der Waals surface area contributed by atoms with Gasteiger partial charge in [0.2, 0.25) is 0 Å². The van der Waals surface area contributed by atoms with Crippen molar-refractivity contribution in [3.63, 3.8) is 0 Å². The van der Waals surface area contributed by atoms with Gasteiger partial charge in [-0.1, -0.05) is 73.8 Å². The van der Waals surface area contributed by atoms with E-state index >= 15 is 0 Å². The predicted molar refractivity (Wildman–Crippen MR) is 162 cm³/mol. The number of aryl methyl sites for hydroxylation is 2. The number of benzene rings is 4. The molecule has 1 amide bonds. The first kappa shape index (κ1) is 26.6. The van der Waals surface area contributed by atoms with Crippen molar-refractivity contribution < 1.29 is 14.3 Å². The minimum atomic E-state index is -0.500. The minimum absolute atomic E-state index is 0.311. The van der Waals surface area contributed by atoms with E-state index in [1.54, 1.807) is 42.5 Å². The van der Waals surface area contributed by atoms with Crippen molar-refractivity contribution in [3.8, 4) is 16.9 Å². The molecule has 8 heteroatoms. The average molecular weight is 645 g/mol. The van der Waals surface area contributed by atoms with E-state index in [9.17, 15) is 9.59 Å². The molecule has 6 nitrogen and oxygen atoms in total. The molecule has 0 fully saturated rings. The number of carbonyl (C=O) groups excluding carboxylic acids is 2. The Bertz CT molecular complexity index is 1730. The van der Waals surface area contributed by atoms with Gasteiger partial charge in [0, 0.05) is 31.0 Å². The number of hydrazone groups is 1. The lowest BCUT2D eigenvalue weighted by Crippen LogP contribution is -2.19. The van der Waals surface area contributed by atoms with Crippen LogP contribution in [-0.2, 0) is 0 Å². The average Bonchev–Trinajstić information content (AvgIpc) is 3.31. The molecular formula is C31H23Br2N3O3. The summed E-state index contributed by atoms with van der Waals surface area (Å²) in [6.07, 6.45) is 1.45. The van der Waals surface area contributed by atoms with E-state index in [1.807, 2.05) is 44.2 Å². The van der Waals surface area contributed by atoms with Crippen LogP contribution in [0.2, 0.25) is 0 Å². The Kier molecular flexibility index (Phi) is 7.77. The first-order valence-corrected chi connectivity index (χ1v) is 13.7. The molecule has 1 aromatic heterocycles. The van der Waals surface area contributed by atoms with E-state index in [2.05, 4.69) is 59.5 Å². The van der Waals surface area contributed by atoms with Gasteiger partial charge in [-0.05, 0) is 73.5 Å². The summed E-state index contributed by atoms with van der Waals surface area (Å²) >= 11 is 6.80. The van der Waals surface area contributed by atoms with Crippen LogP contribution < -0.4 is 10.2 Å². The van der Waals surface area contributed by atoms with Crippen LogP contribution in [0.5, 0.6) is 5.75 Å². The normalized spacial score (nSPS) is 11.2. The fraction of sp³-hybridized carbons (Fsp3) is 0.0645. The smallest absolute Gasteiger partial charge is 0.343 e. The zero-order chi connectivity index (χ0) is 27.5. The molecule has 0 saturated carbocycles. The summed E-state index contributed by atoms with van der Waals surface area (Å²) < 4.78 is 7.26. The third-order valence-electron chi connectivity index (χ3n) is 6.16. The molecule has 5 aromatic rings. The van der Waals surface area contributed by atoms with Gasteiger partial charge in [0.1, 0.15) is 11.4 Å². The molecule has 0 spiro atoms. The van der Waals surface area contributed by atoms with Crippen LogP contribution in [-0.4, -0.2) is 23.1 Å². The lowest BCUT2D eigenvalue weighted by atomic mass is 9.99. The van der Waals surface area contributed by atoms with Gasteiger partial charge >= 0.3 is 5.97 Å². The van der Waals surface area contributed by atoms with Crippen LogP contribution in [0.3, 0.4) is 0 Å². The SMILES string of the molecule is Cc1cc(C)c2[nH]c(C(=O)NN=Cc3cc(Br)ccc3OC(=O)c3ccc(Br)cc3)c(-c3ccccc3)c2c1. The van der Waals surface area contributed by atoms with Crippen molar-refractivity contribution in [1.29, 1.82) is 0 Å². The van der Waals surface area contributed by atoms with Crippen LogP contribution in [0, 0.1) is 13.8 Å². The lowest BCUT2D eigenvalue weighted by Gasteiger charge is -2.08. The summed E-state index contributed by atoms with van der Waals surface area (Å²) in [5.41, 5.74) is 8.78. The third-order valence-corrected chi connectivity index (χ3v) is 7.18. The molecule has 0 saturated heterocycles. The monoisotopic (exact) mass is 643 g/mol. The van der Waals surface area contributed by atoms with Crippen molar-refractivity contribution in [3.05, 3.63) is 122 Å². The Morgan fingerprint density at radius 2 is 1.62 bits per heavy atom. The van der Waals surface area contributed by atoms with Crippen molar-refractivity contribution >= 4 is 60.9 Å². The fourth-order valence-corrected chi connectivity index (χ4v) is 5.05. The van der Waals surface area contributed by atoms with Crippen molar-refractivity contribution in [2.45, 2.75) is 13.8 Å². The maximum atomic E-state index is 13.4. The van der Waals surface area contributed by atoms with Crippen LogP contribution >= 0.6 is 31.9 Å². The maximum absolute atomic E-state index is 13.4.